The SMILES string of the molecule is CC(C)(O)C(F)(F)C(OC(=O)c1ccccc1)C(F)(F)F. The average molecular weight is 312 g/mol. The third kappa shape index (κ3) is 3.90. The maximum absolute atomic E-state index is 13.7. The van der Waals surface area contributed by atoms with Crippen LogP contribution in [0.2, 0.25) is 0 Å². The molecule has 0 aliphatic rings. The van der Waals surface area contributed by atoms with Gasteiger partial charge in [0.2, 0.25) is 0 Å². The quantitative estimate of drug-likeness (QED) is 0.686. The number of carbonyl (C=O) groups excluding carboxylic acids is 1. The fourth-order valence-electron chi connectivity index (χ4n) is 1.42. The maximum Gasteiger partial charge on any atom is 0.431 e. The number of hydrogen-bond donors (Lipinski definition) is 1. The predicted molar refractivity (Wildman–Crippen MR) is 62.9 cm³/mol. The highest BCUT2D eigenvalue weighted by molar-refractivity contribution is 5.89. The largest absolute Gasteiger partial charge is 0.442 e. The van der Waals surface area contributed by atoms with Crippen LogP contribution in [0.25, 0.3) is 0 Å². The van der Waals surface area contributed by atoms with Gasteiger partial charge in [-0.2, -0.15) is 22.0 Å². The van der Waals surface area contributed by atoms with Gasteiger partial charge in [0.25, 0.3) is 6.10 Å². The summed E-state index contributed by atoms with van der Waals surface area (Å²) in [4.78, 5) is 11.5. The zero-order valence-corrected chi connectivity index (χ0v) is 11.1. The number of rotatable bonds is 4. The first-order chi connectivity index (χ1) is 9.37. The van der Waals surface area contributed by atoms with Crippen LogP contribution in [0.1, 0.15) is 24.2 Å². The fraction of sp³-hybridized carbons (Fsp3) is 0.462. The van der Waals surface area contributed by atoms with Gasteiger partial charge in [-0.3, -0.25) is 0 Å². The molecule has 0 aromatic heterocycles. The van der Waals surface area contributed by atoms with Crippen LogP contribution in [-0.4, -0.2) is 34.9 Å². The van der Waals surface area contributed by atoms with E-state index >= 15 is 0 Å². The van der Waals surface area contributed by atoms with E-state index < -0.39 is 29.8 Å². The van der Waals surface area contributed by atoms with E-state index in [-0.39, 0.29) is 5.56 Å². The van der Waals surface area contributed by atoms with Crippen LogP contribution >= 0.6 is 0 Å². The van der Waals surface area contributed by atoms with Gasteiger partial charge in [0, 0.05) is 0 Å². The Balaban J connectivity index is 3.10. The lowest BCUT2D eigenvalue weighted by molar-refractivity contribution is -0.305. The summed E-state index contributed by atoms with van der Waals surface area (Å²) < 4.78 is 69.6. The zero-order chi connectivity index (χ0) is 16.5. The molecule has 118 valence electrons. The van der Waals surface area contributed by atoms with Gasteiger partial charge < -0.3 is 9.84 Å². The van der Waals surface area contributed by atoms with E-state index in [1.807, 2.05) is 0 Å². The van der Waals surface area contributed by atoms with Crippen molar-refractivity contribution in [1.82, 2.24) is 0 Å². The first kappa shape index (κ1) is 17.4. The molecule has 1 unspecified atom stereocenters. The minimum Gasteiger partial charge on any atom is -0.442 e. The molecule has 0 radical (unpaired) electrons. The van der Waals surface area contributed by atoms with Gasteiger partial charge in [-0.1, -0.05) is 18.2 Å². The van der Waals surface area contributed by atoms with Crippen molar-refractivity contribution in [1.29, 1.82) is 0 Å². The molecular formula is C13H13F5O3. The van der Waals surface area contributed by atoms with Crippen LogP contribution in [0.5, 0.6) is 0 Å². The number of alkyl halides is 5. The third-order valence-electron chi connectivity index (χ3n) is 2.68. The molecule has 8 heteroatoms. The molecule has 0 saturated carbocycles. The predicted octanol–water partition coefficient (Wildman–Crippen LogP) is 3.18. The molecule has 0 amide bonds. The van der Waals surface area contributed by atoms with Gasteiger partial charge in [-0.15, -0.1) is 0 Å². The van der Waals surface area contributed by atoms with Crippen molar-refractivity contribution in [2.24, 2.45) is 0 Å². The summed E-state index contributed by atoms with van der Waals surface area (Å²) in [5.41, 5.74) is -3.33. The molecule has 1 atom stereocenters. The average Bonchev–Trinajstić information content (AvgIpc) is 2.33. The van der Waals surface area contributed by atoms with Gasteiger partial charge in [-0.05, 0) is 26.0 Å². The molecule has 0 aliphatic carbocycles. The lowest BCUT2D eigenvalue weighted by Crippen LogP contribution is -2.58. The molecule has 21 heavy (non-hydrogen) atoms. The second-order valence-corrected chi connectivity index (χ2v) is 4.87. The van der Waals surface area contributed by atoms with Crippen molar-refractivity contribution in [3.8, 4) is 0 Å². The highest BCUT2D eigenvalue weighted by Gasteiger charge is 2.65. The fourth-order valence-corrected chi connectivity index (χ4v) is 1.42. The number of ether oxygens (including phenoxy) is 1. The van der Waals surface area contributed by atoms with Crippen LogP contribution < -0.4 is 0 Å². The van der Waals surface area contributed by atoms with E-state index in [2.05, 4.69) is 4.74 Å². The molecule has 1 aromatic rings. The number of carbonyl (C=O) groups is 1. The topological polar surface area (TPSA) is 46.5 Å². The minimum absolute atomic E-state index is 0.307. The summed E-state index contributed by atoms with van der Waals surface area (Å²) >= 11 is 0. The van der Waals surface area contributed by atoms with Crippen molar-refractivity contribution in [3.05, 3.63) is 35.9 Å². The van der Waals surface area contributed by atoms with Crippen LogP contribution in [0.15, 0.2) is 30.3 Å². The standard InChI is InChI=1S/C13H13F5O3/c1-11(2,20)12(14,15)10(13(16,17)18)21-9(19)8-6-4-3-5-7-8/h3-7,10,20H,1-2H3. The van der Waals surface area contributed by atoms with Gasteiger partial charge in [0.15, 0.2) is 0 Å². The van der Waals surface area contributed by atoms with Gasteiger partial charge in [0.05, 0.1) is 5.56 Å². The molecule has 0 saturated heterocycles. The molecular weight excluding hydrogens is 299 g/mol. The Morgan fingerprint density at radius 1 is 1.10 bits per heavy atom. The van der Waals surface area contributed by atoms with Crippen molar-refractivity contribution < 1.29 is 36.6 Å². The Bertz CT molecular complexity index is 491. The normalized spacial score (nSPS) is 14.7. The summed E-state index contributed by atoms with van der Waals surface area (Å²) in [5.74, 6) is -6.27. The Kier molecular flexibility index (Phi) is 4.62. The molecule has 0 aliphatic heterocycles. The molecule has 0 bridgehead atoms. The summed E-state index contributed by atoms with van der Waals surface area (Å²) in [5, 5.41) is 9.22. The van der Waals surface area contributed by atoms with E-state index in [1.165, 1.54) is 18.2 Å². The van der Waals surface area contributed by atoms with Gasteiger partial charge >= 0.3 is 18.1 Å². The Labute approximate surface area is 117 Å². The number of benzene rings is 1. The molecule has 1 N–H and O–H groups in total. The lowest BCUT2D eigenvalue weighted by Gasteiger charge is -2.35. The highest BCUT2D eigenvalue weighted by Crippen LogP contribution is 2.41. The molecule has 1 aromatic carbocycles. The van der Waals surface area contributed by atoms with Crippen molar-refractivity contribution in [2.45, 2.75) is 37.7 Å². The van der Waals surface area contributed by atoms with E-state index in [9.17, 15) is 31.9 Å². The summed E-state index contributed by atoms with van der Waals surface area (Å²) in [6.07, 6.45) is -9.29. The lowest BCUT2D eigenvalue weighted by atomic mass is 9.95. The van der Waals surface area contributed by atoms with E-state index in [0.717, 1.165) is 12.1 Å². The maximum atomic E-state index is 13.7. The molecule has 1 rings (SSSR count). The van der Waals surface area contributed by atoms with Crippen LogP contribution in [0, 0.1) is 0 Å². The third-order valence-corrected chi connectivity index (χ3v) is 2.68. The number of esters is 1. The number of aliphatic hydroxyl groups is 1. The molecule has 0 spiro atoms. The van der Waals surface area contributed by atoms with E-state index in [4.69, 9.17) is 0 Å². The second-order valence-electron chi connectivity index (χ2n) is 4.87. The summed E-state index contributed by atoms with van der Waals surface area (Å²) in [6.45, 7) is 1.00. The van der Waals surface area contributed by atoms with Crippen molar-refractivity contribution >= 4 is 5.97 Å². The summed E-state index contributed by atoms with van der Waals surface area (Å²) in [6, 6.07) is 6.42. The first-order valence-electron chi connectivity index (χ1n) is 5.80. The van der Waals surface area contributed by atoms with Crippen LogP contribution in [0.3, 0.4) is 0 Å². The first-order valence-corrected chi connectivity index (χ1v) is 5.80. The van der Waals surface area contributed by atoms with Crippen molar-refractivity contribution in [2.75, 3.05) is 0 Å². The zero-order valence-electron chi connectivity index (χ0n) is 11.1. The Morgan fingerprint density at radius 2 is 1.57 bits per heavy atom. The molecule has 0 fully saturated rings. The Hall–Kier alpha value is -1.70. The second kappa shape index (κ2) is 5.59. The molecule has 3 nitrogen and oxygen atoms in total. The minimum atomic E-state index is -5.53. The Morgan fingerprint density at radius 3 is 1.95 bits per heavy atom. The van der Waals surface area contributed by atoms with Crippen LogP contribution in [0.4, 0.5) is 22.0 Å². The molecule has 0 heterocycles. The number of halogens is 5. The van der Waals surface area contributed by atoms with Crippen LogP contribution in [-0.2, 0) is 4.74 Å². The highest BCUT2D eigenvalue weighted by atomic mass is 19.4. The number of hydrogen-bond acceptors (Lipinski definition) is 3. The van der Waals surface area contributed by atoms with Crippen molar-refractivity contribution in [3.63, 3.8) is 0 Å². The smallest absolute Gasteiger partial charge is 0.431 e. The van der Waals surface area contributed by atoms with E-state index in [0.29, 0.717) is 13.8 Å². The van der Waals surface area contributed by atoms with Gasteiger partial charge in [-0.25, -0.2) is 4.79 Å². The van der Waals surface area contributed by atoms with E-state index in [1.54, 1.807) is 0 Å². The monoisotopic (exact) mass is 312 g/mol. The van der Waals surface area contributed by atoms with Gasteiger partial charge in [0.1, 0.15) is 5.60 Å². The summed E-state index contributed by atoms with van der Waals surface area (Å²) in [7, 11) is 0.